The predicted octanol–water partition coefficient (Wildman–Crippen LogP) is 1.38. The van der Waals surface area contributed by atoms with Gasteiger partial charge in [-0.2, -0.15) is 0 Å². The molecule has 11 heavy (non-hydrogen) atoms. The van der Waals surface area contributed by atoms with Gasteiger partial charge in [-0.15, -0.1) is 0 Å². The van der Waals surface area contributed by atoms with Gasteiger partial charge in [0.1, 0.15) is 0 Å². The Morgan fingerprint density at radius 2 is 1.91 bits per heavy atom. The maximum Gasteiger partial charge on any atom is 0.195 e. The summed E-state index contributed by atoms with van der Waals surface area (Å²) in [6.07, 6.45) is 0. The van der Waals surface area contributed by atoms with Gasteiger partial charge < -0.3 is 0 Å². The molecule has 0 unspecified atom stereocenters. The van der Waals surface area contributed by atoms with E-state index in [4.69, 9.17) is 0 Å². The number of hydrogen-bond acceptors (Lipinski definition) is 4. The molecule has 4 heteroatoms. The van der Waals surface area contributed by atoms with E-state index in [1.807, 2.05) is 19.9 Å². The van der Waals surface area contributed by atoms with Crippen LogP contribution < -0.4 is 0 Å². The molecule has 1 rings (SSSR count). The summed E-state index contributed by atoms with van der Waals surface area (Å²) in [7, 11) is 0. The number of aromatic nitrogens is 2. The highest BCUT2D eigenvalue weighted by Gasteiger charge is 1.97. The third-order valence-electron chi connectivity index (χ3n) is 1.12. The van der Waals surface area contributed by atoms with Gasteiger partial charge in [-0.25, -0.2) is 9.97 Å². The summed E-state index contributed by atoms with van der Waals surface area (Å²) >= 11 is 1.00. The van der Waals surface area contributed by atoms with Gasteiger partial charge in [-0.3, -0.25) is 4.79 Å². The monoisotopic (exact) mass is 168 g/mol. The molecule has 1 aromatic rings. The number of thioether (sulfide) groups is 1. The normalized spacial score (nSPS) is 9.64. The van der Waals surface area contributed by atoms with Crippen molar-refractivity contribution in [1.82, 2.24) is 9.97 Å². The average Bonchev–Trinajstić information content (AvgIpc) is 1.85. The Labute approximate surface area is 69.3 Å². The van der Waals surface area contributed by atoms with E-state index in [0.717, 1.165) is 28.8 Å². The zero-order valence-electron chi connectivity index (χ0n) is 6.37. The second-order valence-corrected chi connectivity index (χ2v) is 2.94. The third kappa shape index (κ3) is 2.31. The van der Waals surface area contributed by atoms with E-state index < -0.39 is 0 Å². The zero-order chi connectivity index (χ0) is 8.27. The molecule has 0 aliphatic heterocycles. The van der Waals surface area contributed by atoms with Crippen LogP contribution in [0, 0.1) is 13.8 Å². The van der Waals surface area contributed by atoms with Crippen molar-refractivity contribution in [3.63, 3.8) is 0 Å². The van der Waals surface area contributed by atoms with E-state index in [1.165, 1.54) is 0 Å². The van der Waals surface area contributed by atoms with E-state index >= 15 is 0 Å². The van der Waals surface area contributed by atoms with Gasteiger partial charge in [0, 0.05) is 11.4 Å². The lowest BCUT2D eigenvalue weighted by Crippen LogP contribution is -1.91. The Balaban J connectivity index is 2.98. The first-order chi connectivity index (χ1) is 5.22. The topological polar surface area (TPSA) is 42.9 Å². The second kappa shape index (κ2) is 3.48. The Morgan fingerprint density at radius 1 is 1.36 bits per heavy atom. The largest absolute Gasteiger partial charge is 0.290 e. The average molecular weight is 168 g/mol. The number of rotatable bonds is 2. The number of aryl methyl sites for hydroxylation is 2. The van der Waals surface area contributed by atoms with Crippen LogP contribution in [0.3, 0.4) is 0 Å². The van der Waals surface area contributed by atoms with E-state index in [0.29, 0.717) is 5.16 Å². The molecule has 0 atom stereocenters. The molecule has 0 N–H and O–H groups in total. The summed E-state index contributed by atoms with van der Waals surface area (Å²) in [6.45, 7) is 3.76. The lowest BCUT2D eigenvalue weighted by molar-refractivity contribution is 0.570. The summed E-state index contributed by atoms with van der Waals surface area (Å²) in [5.41, 5.74) is 2.51. The quantitative estimate of drug-likeness (QED) is 0.380. The number of carbonyl (C=O) groups is 1. The van der Waals surface area contributed by atoms with Gasteiger partial charge in [0.2, 0.25) is 0 Å². The molecule has 0 spiro atoms. The summed E-state index contributed by atoms with van der Waals surface area (Å²) < 4.78 is 0. The van der Waals surface area contributed by atoms with Crippen molar-refractivity contribution in [2.45, 2.75) is 19.0 Å². The summed E-state index contributed by atoms with van der Waals surface area (Å²) in [5.74, 6) is 0. The van der Waals surface area contributed by atoms with Gasteiger partial charge in [0.15, 0.2) is 10.8 Å². The van der Waals surface area contributed by atoms with Crippen molar-refractivity contribution >= 4 is 17.4 Å². The molecular weight excluding hydrogens is 160 g/mol. The molecule has 0 amide bonds. The Kier molecular flexibility index (Phi) is 2.59. The molecule has 1 heterocycles. The molecule has 0 saturated carbocycles. The molecular formula is C7H8N2OS. The molecule has 0 fully saturated rings. The van der Waals surface area contributed by atoms with Crippen molar-refractivity contribution < 1.29 is 4.79 Å². The van der Waals surface area contributed by atoms with Crippen LogP contribution in [-0.4, -0.2) is 15.6 Å². The van der Waals surface area contributed by atoms with Crippen molar-refractivity contribution in [1.29, 1.82) is 0 Å². The zero-order valence-corrected chi connectivity index (χ0v) is 7.18. The van der Waals surface area contributed by atoms with Crippen LogP contribution in [0.2, 0.25) is 0 Å². The predicted molar refractivity (Wildman–Crippen MR) is 44.1 cm³/mol. The van der Waals surface area contributed by atoms with Crippen LogP contribution in [0.15, 0.2) is 11.2 Å². The van der Waals surface area contributed by atoms with Crippen molar-refractivity contribution in [2.75, 3.05) is 0 Å². The Hall–Kier alpha value is -0.900. The van der Waals surface area contributed by atoms with Crippen LogP contribution in [-0.2, 0) is 4.79 Å². The molecule has 0 saturated heterocycles. The number of carbonyl (C=O) groups excluding carboxylic acids is 1. The molecule has 1 aromatic heterocycles. The molecule has 0 aliphatic rings. The first-order valence-corrected chi connectivity index (χ1v) is 4.03. The highest BCUT2D eigenvalue weighted by Crippen LogP contribution is 2.09. The van der Waals surface area contributed by atoms with Gasteiger partial charge >= 0.3 is 0 Å². The smallest absolute Gasteiger partial charge is 0.195 e. The maximum absolute atomic E-state index is 10.1. The van der Waals surface area contributed by atoms with E-state index in [2.05, 4.69) is 9.97 Å². The summed E-state index contributed by atoms with van der Waals surface area (Å²) in [5, 5.41) is 0.525. The second-order valence-electron chi connectivity index (χ2n) is 2.15. The fourth-order valence-electron chi connectivity index (χ4n) is 0.789. The molecule has 3 nitrogen and oxygen atoms in total. The standard InChI is InChI=1S/C7H8N2OS/c1-5-3-6(2)9-7(8-5)11-4-10/h3-4H,1-2H3. The minimum absolute atomic E-state index is 0.525. The Bertz CT molecular complexity index is 255. The molecule has 0 bridgehead atoms. The highest BCUT2D eigenvalue weighted by molar-refractivity contribution is 8.11. The van der Waals surface area contributed by atoms with Crippen molar-refractivity contribution in [3.05, 3.63) is 17.5 Å². The van der Waals surface area contributed by atoms with Gasteiger partial charge in [0.25, 0.3) is 0 Å². The maximum atomic E-state index is 10.1. The lowest BCUT2D eigenvalue weighted by Gasteiger charge is -1.97. The number of nitrogens with zero attached hydrogens (tertiary/aromatic N) is 2. The minimum atomic E-state index is 0.525. The van der Waals surface area contributed by atoms with Crippen LogP contribution in [0.25, 0.3) is 0 Å². The van der Waals surface area contributed by atoms with Gasteiger partial charge in [-0.1, -0.05) is 0 Å². The lowest BCUT2D eigenvalue weighted by atomic mass is 10.4. The Morgan fingerprint density at radius 3 is 2.36 bits per heavy atom. The number of hydrogen-bond donors (Lipinski definition) is 0. The van der Waals surface area contributed by atoms with Crippen molar-refractivity contribution in [3.8, 4) is 0 Å². The first kappa shape index (κ1) is 8.20. The van der Waals surface area contributed by atoms with Crippen LogP contribution in [0.5, 0.6) is 0 Å². The fourth-order valence-corrected chi connectivity index (χ4v) is 1.27. The molecule has 0 aliphatic carbocycles. The van der Waals surface area contributed by atoms with E-state index in [1.54, 1.807) is 0 Å². The summed E-state index contributed by atoms with van der Waals surface area (Å²) in [6, 6.07) is 1.87. The van der Waals surface area contributed by atoms with Gasteiger partial charge in [0.05, 0.1) is 0 Å². The van der Waals surface area contributed by atoms with E-state index in [-0.39, 0.29) is 0 Å². The van der Waals surface area contributed by atoms with Crippen molar-refractivity contribution in [2.24, 2.45) is 0 Å². The fraction of sp³-hybridized carbons (Fsp3) is 0.286. The SMILES string of the molecule is Cc1cc(C)nc(SC=O)n1. The molecule has 0 radical (unpaired) electrons. The third-order valence-corrected chi connectivity index (χ3v) is 1.60. The first-order valence-electron chi connectivity index (χ1n) is 3.15. The molecule has 0 aromatic carbocycles. The van der Waals surface area contributed by atoms with Gasteiger partial charge in [-0.05, 0) is 31.7 Å². The highest BCUT2D eigenvalue weighted by atomic mass is 32.2. The van der Waals surface area contributed by atoms with Crippen LogP contribution in [0.4, 0.5) is 0 Å². The summed E-state index contributed by atoms with van der Waals surface area (Å²) in [4.78, 5) is 18.2. The molecule has 58 valence electrons. The van der Waals surface area contributed by atoms with Crippen LogP contribution >= 0.6 is 11.8 Å². The van der Waals surface area contributed by atoms with Crippen LogP contribution in [0.1, 0.15) is 11.4 Å². The minimum Gasteiger partial charge on any atom is -0.290 e. The van der Waals surface area contributed by atoms with E-state index in [9.17, 15) is 4.79 Å².